The fraction of sp³-hybridized carbons (Fsp3) is 0.692. The molecule has 2 aromatic rings. The molecule has 10 heteroatoms. The van der Waals surface area contributed by atoms with Crippen molar-refractivity contribution < 1.29 is 18.9 Å². The first-order chi connectivity index (χ1) is 23.5. The number of halogens is 6. The van der Waals surface area contributed by atoms with Crippen molar-refractivity contribution in [2.75, 3.05) is 38.4 Å². The molecular formula is C39H58Br6O4. The van der Waals surface area contributed by atoms with Gasteiger partial charge in [0.25, 0.3) is 0 Å². The Morgan fingerprint density at radius 2 is 0.980 bits per heavy atom. The normalized spacial score (nSPS) is 13.1. The summed E-state index contributed by atoms with van der Waals surface area (Å²) in [6, 6.07) is 8.60. The standard InChI is InChI=1S/C39H58Br6O4/c1-5-7-9-11-13-15-17-19-46-26-31(41)27-48-37-33(42)21-29(22-34(37)43)39(3,4)30-23-35(44)38(36(45)24-30)49-28-32(25-40)47-20-18-16-14-12-10-8-6-2/h21-24,31-32H,5-20,25-28H2,1-4H3. The molecule has 0 aliphatic rings. The molecule has 280 valence electrons. The molecule has 0 N–H and O–H groups in total. The zero-order valence-electron chi connectivity index (χ0n) is 30.0. The highest BCUT2D eigenvalue weighted by Gasteiger charge is 2.28. The molecule has 0 radical (unpaired) electrons. The molecule has 0 spiro atoms. The van der Waals surface area contributed by atoms with Crippen molar-refractivity contribution in [1.29, 1.82) is 0 Å². The minimum absolute atomic E-state index is 0.00676. The van der Waals surface area contributed by atoms with Crippen LogP contribution in [0.1, 0.15) is 129 Å². The van der Waals surface area contributed by atoms with Gasteiger partial charge in [0.1, 0.15) is 30.8 Å². The Bertz CT molecular complexity index is 1150. The molecule has 0 aromatic heterocycles. The van der Waals surface area contributed by atoms with Crippen molar-refractivity contribution in [3.8, 4) is 11.5 Å². The molecule has 4 nitrogen and oxygen atoms in total. The molecule has 2 atom stereocenters. The molecule has 0 aliphatic carbocycles. The van der Waals surface area contributed by atoms with Gasteiger partial charge in [-0.05, 0) is 112 Å². The van der Waals surface area contributed by atoms with Gasteiger partial charge in [-0.15, -0.1) is 0 Å². The van der Waals surface area contributed by atoms with Gasteiger partial charge in [0.05, 0.1) is 29.3 Å². The molecule has 0 aliphatic heterocycles. The van der Waals surface area contributed by atoms with Crippen molar-refractivity contribution in [3.05, 3.63) is 53.3 Å². The van der Waals surface area contributed by atoms with Gasteiger partial charge in [0.15, 0.2) is 0 Å². The van der Waals surface area contributed by atoms with Crippen LogP contribution in [0, 0.1) is 0 Å². The van der Waals surface area contributed by atoms with Crippen LogP contribution in [0.15, 0.2) is 42.2 Å². The summed E-state index contributed by atoms with van der Waals surface area (Å²) in [5, 5.41) is 0.733. The monoisotopic (exact) mass is 1060 g/mol. The topological polar surface area (TPSA) is 36.9 Å². The van der Waals surface area contributed by atoms with Gasteiger partial charge in [-0.25, -0.2) is 0 Å². The summed E-state index contributed by atoms with van der Waals surface area (Å²) in [4.78, 5) is 0.115. The number of benzene rings is 2. The van der Waals surface area contributed by atoms with Crippen molar-refractivity contribution in [3.63, 3.8) is 0 Å². The predicted molar refractivity (Wildman–Crippen MR) is 230 cm³/mol. The average molecular weight is 1070 g/mol. The maximum atomic E-state index is 6.28. The third kappa shape index (κ3) is 17.7. The van der Waals surface area contributed by atoms with Crippen LogP contribution in [0.5, 0.6) is 11.5 Å². The van der Waals surface area contributed by atoms with E-state index >= 15 is 0 Å². The minimum atomic E-state index is -0.299. The summed E-state index contributed by atoms with van der Waals surface area (Å²) < 4.78 is 28.2. The Kier molecular flexibility index (Phi) is 25.0. The van der Waals surface area contributed by atoms with E-state index < -0.39 is 0 Å². The van der Waals surface area contributed by atoms with Crippen LogP contribution in [0.4, 0.5) is 0 Å². The van der Waals surface area contributed by atoms with Crippen LogP contribution in [0.25, 0.3) is 0 Å². The van der Waals surface area contributed by atoms with Crippen LogP contribution in [-0.2, 0) is 14.9 Å². The van der Waals surface area contributed by atoms with Crippen LogP contribution in [-0.4, -0.2) is 49.3 Å². The number of alkyl halides is 2. The third-order valence-electron chi connectivity index (χ3n) is 8.73. The smallest absolute Gasteiger partial charge is 0.147 e. The summed E-state index contributed by atoms with van der Waals surface area (Å²) in [6.07, 6.45) is 17.9. The molecule has 2 aromatic carbocycles. The second kappa shape index (κ2) is 26.6. The largest absolute Gasteiger partial charge is 0.490 e. The SMILES string of the molecule is CCCCCCCCCOCC(Br)COc1c(Br)cc(C(C)(C)c2cc(Br)c(OCC(CBr)OCCCCCCCCC)c(Br)c2)cc1Br. The minimum Gasteiger partial charge on any atom is -0.490 e. The summed E-state index contributed by atoms with van der Waals surface area (Å²) in [5.74, 6) is 1.57. The molecular weight excluding hydrogens is 1010 g/mol. The first kappa shape index (κ1) is 46.0. The fourth-order valence-corrected chi connectivity index (χ4v) is 9.02. The number of hydrogen-bond donors (Lipinski definition) is 0. The van der Waals surface area contributed by atoms with Gasteiger partial charge in [0, 0.05) is 24.0 Å². The number of rotatable bonds is 28. The molecule has 0 bridgehead atoms. The van der Waals surface area contributed by atoms with Gasteiger partial charge in [-0.3, -0.25) is 0 Å². The Morgan fingerprint density at radius 3 is 1.43 bits per heavy atom. The Morgan fingerprint density at radius 1 is 0.571 bits per heavy atom. The number of ether oxygens (including phenoxy) is 4. The third-order valence-corrected chi connectivity index (χ3v) is 12.3. The number of unbranched alkanes of at least 4 members (excludes halogenated alkanes) is 12. The van der Waals surface area contributed by atoms with E-state index in [4.69, 9.17) is 18.9 Å². The predicted octanol–water partition coefficient (Wildman–Crippen LogP) is 14.9. The fourth-order valence-electron chi connectivity index (χ4n) is 5.50. The lowest BCUT2D eigenvalue weighted by Gasteiger charge is -2.28. The molecule has 2 rings (SSSR count). The summed E-state index contributed by atoms with van der Waals surface area (Å²) in [5.41, 5.74) is 2.00. The van der Waals surface area contributed by atoms with Gasteiger partial charge in [0.2, 0.25) is 0 Å². The summed E-state index contributed by atoms with van der Waals surface area (Å²) in [6.45, 7) is 12.2. The van der Waals surface area contributed by atoms with E-state index in [9.17, 15) is 0 Å². The van der Waals surface area contributed by atoms with Crippen LogP contribution in [0.3, 0.4) is 0 Å². The molecule has 2 unspecified atom stereocenters. The lowest BCUT2D eigenvalue weighted by molar-refractivity contribution is 0.0335. The Labute approximate surface area is 348 Å². The van der Waals surface area contributed by atoms with Crippen molar-refractivity contribution >= 4 is 95.6 Å². The van der Waals surface area contributed by atoms with E-state index in [1.165, 1.54) is 77.0 Å². The van der Waals surface area contributed by atoms with Crippen LogP contribution >= 0.6 is 95.6 Å². The quantitative estimate of drug-likeness (QED) is 0.0629. The highest BCUT2D eigenvalue weighted by molar-refractivity contribution is 9.11. The van der Waals surface area contributed by atoms with Crippen LogP contribution in [0.2, 0.25) is 0 Å². The zero-order valence-corrected chi connectivity index (χ0v) is 39.5. The lowest BCUT2D eigenvalue weighted by atomic mass is 9.78. The van der Waals surface area contributed by atoms with Gasteiger partial charge >= 0.3 is 0 Å². The number of hydrogen-bond acceptors (Lipinski definition) is 4. The van der Waals surface area contributed by atoms with Gasteiger partial charge in [-0.2, -0.15) is 0 Å². The average Bonchev–Trinajstić information content (AvgIpc) is 3.06. The van der Waals surface area contributed by atoms with E-state index in [0.717, 1.165) is 71.9 Å². The van der Waals surface area contributed by atoms with E-state index in [-0.39, 0.29) is 16.3 Å². The van der Waals surface area contributed by atoms with E-state index in [2.05, 4.69) is 148 Å². The van der Waals surface area contributed by atoms with E-state index in [0.29, 0.717) is 19.8 Å². The van der Waals surface area contributed by atoms with Gasteiger partial charge in [-0.1, -0.05) is 137 Å². The van der Waals surface area contributed by atoms with Crippen molar-refractivity contribution in [2.45, 2.75) is 134 Å². The second-order valence-corrected chi connectivity index (χ2v) is 18.7. The highest BCUT2D eigenvalue weighted by atomic mass is 79.9. The molecule has 49 heavy (non-hydrogen) atoms. The van der Waals surface area contributed by atoms with Crippen molar-refractivity contribution in [2.24, 2.45) is 0 Å². The maximum absolute atomic E-state index is 6.28. The van der Waals surface area contributed by atoms with E-state index in [1.54, 1.807) is 0 Å². The highest BCUT2D eigenvalue weighted by Crippen LogP contribution is 2.44. The summed E-state index contributed by atoms with van der Waals surface area (Å²) >= 11 is 22.5. The molecule has 0 fully saturated rings. The first-order valence-electron chi connectivity index (χ1n) is 18.2. The first-order valence-corrected chi connectivity index (χ1v) is 23.4. The molecule has 0 saturated carbocycles. The van der Waals surface area contributed by atoms with Gasteiger partial charge < -0.3 is 18.9 Å². The Balaban J connectivity index is 1.90. The lowest BCUT2D eigenvalue weighted by Crippen LogP contribution is -2.24. The maximum Gasteiger partial charge on any atom is 0.147 e. The zero-order chi connectivity index (χ0) is 36.1. The summed E-state index contributed by atoms with van der Waals surface area (Å²) in [7, 11) is 0. The van der Waals surface area contributed by atoms with Crippen molar-refractivity contribution in [1.82, 2.24) is 0 Å². The van der Waals surface area contributed by atoms with E-state index in [1.807, 2.05) is 0 Å². The van der Waals surface area contributed by atoms with Crippen LogP contribution < -0.4 is 9.47 Å². The Hall–Kier alpha value is 0.840. The molecule has 0 heterocycles. The second-order valence-electron chi connectivity index (χ2n) is 13.3. The molecule has 0 amide bonds. The molecule has 0 saturated heterocycles.